The smallest absolute Gasteiger partial charge is 0.341 e. The predicted octanol–water partition coefficient (Wildman–Crippen LogP) is 4.12. The third-order valence-electron chi connectivity index (χ3n) is 5.80. The molecule has 3 aromatic rings. The topological polar surface area (TPSA) is 96.4 Å². The Morgan fingerprint density at radius 3 is 2.17 bits per heavy atom. The van der Waals surface area contributed by atoms with Crippen molar-refractivity contribution in [2.75, 3.05) is 37.7 Å². The van der Waals surface area contributed by atoms with Crippen molar-refractivity contribution in [3.05, 3.63) is 72.8 Å². The van der Waals surface area contributed by atoms with Crippen molar-refractivity contribution in [1.29, 1.82) is 0 Å². The molecule has 190 valence electrons. The Bertz CT molecular complexity index is 1290. The molecular formula is C27H30N2O6S. The zero-order valence-electron chi connectivity index (χ0n) is 20.3. The highest BCUT2D eigenvalue weighted by molar-refractivity contribution is 7.89. The highest BCUT2D eigenvalue weighted by Gasteiger charge is 2.29. The monoisotopic (exact) mass is 510 g/mol. The Balaban J connectivity index is 1.50. The molecule has 1 fully saturated rings. The van der Waals surface area contributed by atoms with E-state index >= 15 is 0 Å². The van der Waals surface area contributed by atoms with Gasteiger partial charge in [-0.3, -0.25) is 0 Å². The van der Waals surface area contributed by atoms with Gasteiger partial charge in [0.1, 0.15) is 11.5 Å². The van der Waals surface area contributed by atoms with Crippen molar-refractivity contribution < 1.29 is 27.8 Å². The standard InChI is InChI=1S/C27H30N2O6S/c1-20(2)35-24-8-10-26(11-9-24)36(32,33)29-14-12-28(13-15-29)23-16-22(21-6-4-3-5-7-21)17-25(18-23)34-19-27(30)31/h3-11,16-18,20H,12-15,19H2,1-2H3,(H,30,31). The summed E-state index contributed by atoms with van der Waals surface area (Å²) in [4.78, 5) is 13.3. The Morgan fingerprint density at radius 2 is 1.56 bits per heavy atom. The summed E-state index contributed by atoms with van der Waals surface area (Å²) in [5, 5.41) is 9.03. The maximum atomic E-state index is 13.2. The fourth-order valence-electron chi connectivity index (χ4n) is 4.09. The summed E-state index contributed by atoms with van der Waals surface area (Å²) in [5.74, 6) is 0.0322. The second-order valence-corrected chi connectivity index (χ2v) is 10.7. The van der Waals surface area contributed by atoms with Gasteiger partial charge in [-0.25, -0.2) is 13.2 Å². The normalized spacial score (nSPS) is 14.6. The lowest BCUT2D eigenvalue weighted by atomic mass is 10.0. The van der Waals surface area contributed by atoms with Crippen molar-refractivity contribution >= 4 is 21.7 Å². The van der Waals surface area contributed by atoms with Crippen molar-refractivity contribution in [3.63, 3.8) is 0 Å². The molecule has 9 heteroatoms. The van der Waals surface area contributed by atoms with Crippen LogP contribution >= 0.6 is 0 Å². The molecule has 0 aliphatic carbocycles. The molecule has 1 saturated heterocycles. The summed E-state index contributed by atoms with van der Waals surface area (Å²) in [5.41, 5.74) is 2.72. The van der Waals surface area contributed by atoms with Gasteiger partial charge in [0, 0.05) is 37.9 Å². The third-order valence-corrected chi connectivity index (χ3v) is 7.71. The van der Waals surface area contributed by atoms with Gasteiger partial charge in [0.25, 0.3) is 0 Å². The second-order valence-electron chi connectivity index (χ2n) is 8.79. The molecule has 36 heavy (non-hydrogen) atoms. The average Bonchev–Trinajstić information content (AvgIpc) is 2.88. The SMILES string of the molecule is CC(C)Oc1ccc(S(=O)(=O)N2CCN(c3cc(OCC(=O)O)cc(-c4ccccc4)c3)CC2)cc1. The van der Waals surface area contributed by atoms with Crippen molar-refractivity contribution in [2.24, 2.45) is 0 Å². The predicted molar refractivity (Wildman–Crippen MR) is 138 cm³/mol. The van der Waals surface area contributed by atoms with E-state index in [1.54, 1.807) is 30.3 Å². The van der Waals surface area contributed by atoms with E-state index < -0.39 is 22.6 Å². The third kappa shape index (κ3) is 6.16. The summed E-state index contributed by atoms with van der Waals surface area (Å²) in [6.45, 7) is 5.03. The molecule has 0 bridgehead atoms. The van der Waals surface area contributed by atoms with Crippen LogP contribution in [-0.4, -0.2) is 62.7 Å². The number of carboxylic acid groups (broad SMARTS) is 1. The first-order chi connectivity index (χ1) is 17.2. The number of hydrogen-bond acceptors (Lipinski definition) is 6. The van der Waals surface area contributed by atoms with Crippen LogP contribution in [0.15, 0.2) is 77.7 Å². The minimum absolute atomic E-state index is 0.0102. The van der Waals surface area contributed by atoms with Crippen LogP contribution in [-0.2, 0) is 14.8 Å². The first-order valence-electron chi connectivity index (χ1n) is 11.8. The maximum Gasteiger partial charge on any atom is 0.341 e. The summed E-state index contributed by atoms with van der Waals surface area (Å²) in [7, 11) is -3.63. The number of carboxylic acids is 1. The lowest BCUT2D eigenvalue weighted by Gasteiger charge is -2.35. The first-order valence-corrected chi connectivity index (χ1v) is 13.2. The molecule has 0 aromatic heterocycles. The minimum atomic E-state index is -3.63. The highest BCUT2D eigenvalue weighted by Crippen LogP contribution is 2.32. The van der Waals surface area contributed by atoms with Crippen LogP contribution in [0, 0.1) is 0 Å². The van der Waals surface area contributed by atoms with Crippen molar-refractivity contribution in [2.45, 2.75) is 24.8 Å². The van der Waals surface area contributed by atoms with E-state index in [1.807, 2.05) is 56.3 Å². The van der Waals surface area contributed by atoms with Gasteiger partial charge in [0.05, 0.1) is 11.0 Å². The van der Waals surface area contributed by atoms with Gasteiger partial charge in [-0.05, 0) is 61.4 Å². The Morgan fingerprint density at radius 1 is 0.889 bits per heavy atom. The number of rotatable bonds is 9. The molecule has 1 N–H and O–H groups in total. The number of ether oxygens (including phenoxy) is 2. The zero-order chi connectivity index (χ0) is 25.7. The summed E-state index contributed by atoms with van der Waals surface area (Å²) in [6.07, 6.45) is 0.0102. The van der Waals surface area contributed by atoms with Gasteiger partial charge in [0.15, 0.2) is 6.61 Å². The summed E-state index contributed by atoms with van der Waals surface area (Å²) < 4.78 is 39.0. The van der Waals surface area contributed by atoms with E-state index in [0.29, 0.717) is 37.7 Å². The lowest BCUT2D eigenvalue weighted by Crippen LogP contribution is -2.48. The Hall–Kier alpha value is -3.56. The van der Waals surface area contributed by atoms with Crippen molar-refractivity contribution in [1.82, 2.24) is 4.31 Å². The highest BCUT2D eigenvalue weighted by atomic mass is 32.2. The number of piperazine rings is 1. The molecule has 1 aliphatic rings. The molecule has 1 aliphatic heterocycles. The molecule has 0 atom stereocenters. The van der Waals surface area contributed by atoms with E-state index in [4.69, 9.17) is 14.6 Å². The molecule has 4 rings (SSSR count). The zero-order valence-corrected chi connectivity index (χ0v) is 21.1. The number of aliphatic carboxylic acids is 1. The van der Waals surface area contributed by atoms with Crippen LogP contribution in [0.4, 0.5) is 5.69 Å². The first kappa shape index (κ1) is 25.5. The fraction of sp³-hybridized carbons (Fsp3) is 0.296. The molecule has 3 aromatic carbocycles. The van der Waals surface area contributed by atoms with Gasteiger partial charge < -0.3 is 19.5 Å². The largest absolute Gasteiger partial charge is 0.491 e. The van der Waals surface area contributed by atoms with E-state index in [1.165, 1.54) is 4.31 Å². The molecule has 0 radical (unpaired) electrons. The fourth-order valence-corrected chi connectivity index (χ4v) is 5.51. The van der Waals surface area contributed by atoms with Gasteiger partial charge in [-0.1, -0.05) is 30.3 Å². The van der Waals surface area contributed by atoms with Gasteiger partial charge in [-0.2, -0.15) is 4.31 Å². The summed E-state index contributed by atoms with van der Waals surface area (Å²) in [6, 6.07) is 21.9. The number of carbonyl (C=O) groups is 1. The Labute approximate surface area is 211 Å². The molecular weight excluding hydrogens is 480 g/mol. The number of nitrogens with zero attached hydrogens (tertiary/aromatic N) is 2. The van der Waals surface area contributed by atoms with Gasteiger partial charge >= 0.3 is 5.97 Å². The van der Waals surface area contributed by atoms with Gasteiger partial charge in [-0.15, -0.1) is 0 Å². The van der Waals surface area contributed by atoms with E-state index in [2.05, 4.69) is 4.90 Å². The molecule has 1 heterocycles. The molecule has 0 spiro atoms. The van der Waals surface area contributed by atoms with E-state index in [0.717, 1.165) is 16.8 Å². The number of sulfonamides is 1. The minimum Gasteiger partial charge on any atom is -0.491 e. The van der Waals surface area contributed by atoms with Crippen LogP contribution in [0.25, 0.3) is 11.1 Å². The van der Waals surface area contributed by atoms with E-state index in [-0.39, 0.29) is 11.0 Å². The molecule has 8 nitrogen and oxygen atoms in total. The average molecular weight is 511 g/mol. The van der Waals surface area contributed by atoms with E-state index in [9.17, 15) is 13.2 Å². The molecule has 0 amide bonds. The Kier molecular flexibility index (Phi) is 7.81. The second kappa shape index (κ2) is 11.0. The van der Waals surface area contributed by atoms with Crippen LogP contribution in [0.5, 0.6) is 11.5 Å². The van der Waals surface area contributed by atoms with Crippen LogP contribution in [0.2, 0.25) is 0 Å². The number of benzene rings is 3. The quantitative estimate of drug-likeness (QED) is 0.463. The number of hydrogen-bond donors (Lipinski definition) is 1. The lowest BCUT2D eigenvalue weighted by molar-refractivity contribution is -0.139. The van der Waals surface area contributed by atoms with Crippen molar-refractivity contribution in [3.8, 4) is 22.6 Å². The summed E-state index contributed by atoms with van der Waals surface area (Å²) >= 11 is 0. The maximum absolute atomic E-state index is 13.2. The number of anilines is 1. The molecule has 0 saturated carbocycles. The van der Waals surface area contributed by atoms with Crippen LogP contribution < -0.4 is 14.4 Å². The van der Waals surface area contributed by atoms with Gasteiger partial charge in [0.2, 0.25) is 10.0 Å². The van der Waals surface area contributed by atoms with Crippen LogP contribution in [0.1, 0.15) is 13.8 Å². The molecule has 0 unspecified atom stereocenters. The van der Waals surface area contributed by atoms with Crippen LogP contribution in [0.3, 0.4) is 0 Å².